The van der Waals surface area contributed by atoms with Crippen molar-refractivity contribution >= 4 is 17.2 Å². The lowest BCUT2D eigenvalue weighted by Gasteiger charge is -2.07. The van der Waals surface area contributed by atoms with E-state index in [0.29, 0.717) is 12.1 Å². The van der Waals surface area contributed by atoms with Gasteiger partial charge in [-0.2, -0.15) is 0 Å². The Balaban J connectivity index is 1.65. The number of benzene rings is 1. The molecule has 116 valence electrons. The Morgan fingerprint density at radius 2 is 2.04 bits per heavy atom. The molecule has 0 radical (unpaired) electrons. The summed E-state index contributed by atoms with van der Waals surface area (Å²) >= 11 is 1.65. The van der Waals surface area contributed by atoms with E-state index in [4.69, 9.17) is 4.74 Å². The number of nitrogens with zero attached hydrogens (tertiary/aromatic N) is 1. The van der Waals surface area contributed by atoms with Gasteiger partial charge in [-0.1, -0.05) is 6.07 Å². The Kier molecular flexibility index (Phi) is 4.68. The zero-order valence-electron chi connectivity index (χ0n) is 12.7. The summed E-state index contributed by atoms with van der Waals surface area (Å²) in [5.74, 6) is 0.624. The van der Waals surface area contributed by atoms with Gasteiger partial charge in [-0.05, 0) is 53.4 Å². The van der Waals surface area contributed by atoms with Crippen molar-refractivity contribution in [2.24, 2.45) is 0 Å². The molecule has 0 aliphatic carbocycles. The molecule has 0 atom stereocenters. The van der Waals surface area contributed by atoms with Gasteiger partial charge in [0, 0.05) is 18.3 Å². The van der Waals surface area contributed by atoms with E-state index in [1.165, 1.54) is 0 Å². The maximum atomic E-state index is 12.2. The van der Waals surface area contributed by atoms with Gasteiger partial charge >= 0.3 is 0 Å². The highest BCUT2D eigenvalue weighted by atomic mass is 32.1. The first-order valence-corrected chi connectivity index (χ1v) is 8.05. The van der Waals surface area contributed by atoms with Gasteiger partial charge in [-0.15, -0.1) is 11.3 Å². The molecular formula is C18H16N2O2S. The number of carbonyl (C=O) groups is 1. The molecule has 0 aliphatic heterocycles. The van der Waals surface area contributed by atoms with Crippen molar-refractivity contribution in [2.45, 2.75) is 6.54 Å². The molecule has 3 aromatic rings. The summed E-state index contributed by atoms with van der Waals surface area (Å²) in [6, 6.07) is 15.0. The predicted octanol–water partition coefficient (Wildman–Crippen LogP) is 3.75. The summed E-state index contributed by atoms with van der Waals surface area (Å²) in [6.07, 6.45) is 1.77. The molecule has 1 aromatic carbocycles. The molecule has 0 spiro atoms. The Labute approximate surface area is 138 Å². The molecule has 0 unspecified atom stereocenters. The van der Waals surface area contributed by atoms with Crippen molar-refractivity contribution in [2.75, 3.05) is 7.11 Å². The lowest BCUT2D eigenvalue weighted by Crippen LogP contribution is -2.22. The van der Waals surface area contributed by atoms with Gasteiger partial charge < -0.3 is 10.1 Å². The molecule has 0 fully saturated rings. The maximum absolute atomic E-state index is 12.2. The standard InChI is InChI=1S/C18H16N2O2S/c1-22-15-6-4-14(5-7-15)18(21)20-12-13-8-9-19-16(11-13)17-3-2-10-23-17/h2-11H,12H2,1H3,(H,20,21). The van der Waals surface area contributed by atoms with Crippen LogP contribution in [0.25, 0.3) is 10.6 Å². The summed E-state index contributed by atoms with van der Waals surface area (Å²) < 4.78 is 5.09. The minimum atomic E-state index is -0.109. The van der Waals surface area contributed by atoms with Gasteiger partial charge in [0.2, 0.25) is 0 Å². The third-order valence-electron chi connectivity index (χ3n) is 3.40. The van der Waals surface area contributed by atoms with Gasteiger partial charge in [0.1, 0.15) is 5.75 Å². The molecule has 0 aliphatic rings. The summed E-state index contributed by atoms with van der Waals surface area (Å²) in [7, 11) is 1.60. The average molecular weight is 324 g/mol. The number of carbonyl (C=O) groups excluding carboxylic acids is 1. The first-order valence-electron chi connectivity index (χ1n) is 7.17. The van der Waals surface area contributed by atoms with Crippen molar-refractivity contribution in [1.82, 2.24) is 10.3 Å². The minimum absolute atomic E-state index is 0.109. The van der Waals surface area contributed by atoms with Crippen LogP contribution in [0, 0.1) is 0 Å². The van der Waals surface area contributed by atoms with Gasteiger partial charge in [0.05, 0.1) is 17.7 Å². The van der Waals surface area contributed by atoms with E-state index >= 15 is 0 Å². The molecule has 0 saturated heterocycles. The smallest absolute Gasteiger partial charge is 0.251 e. The fourth-order valence-electron chi connectivity index (χ4n) is 2.17. The number of thiophene rings is 1. The lowest BCUT2D eigenvalue weighted by atomic mass is 10.2. The quantitative estimate of drug-likeness (QED) is 0.777. The fraction of sp³-hybridized carbons (Fsp3) is 0.111. The third kappa shape index (κ3) is 3.76. The number of nitrogens with one attached hydrogen (secondary N) is 1. The largest absolute Gasteiger partial charge is 0.497 e. The van der Waals surface area contributed by atoms with Crippen molar-refractivity contribution in [3.63, 3.8) is 0 Å². The van der Waals surface area contributed by atoms with Crippen LogP contribution in [0.2, 0.25) is 0 Å². The molecule has 0 bridgehead atoms. The van der Waals surface area contributed by atoms with Crippen molar-refractivity contribution in [3.05, 3.63) is 71.2 Å². The molecule has 3 rings (SSSR count). The van der Waals surface area contributed by atoms with E-state index in [0.717, 1.165) is 21.9 Å². The Morgan fingerprint density at radius 1 is 1.22 bits per heavy atom. The van der Waals surface area contributed by atoms with E-state index in [-0.39, 0.29) is 5.91 Å². The third-order valence-corrected chi connectivity index (χ3v) is 4.30. The van der Waals surface area contributed by atoms with Gasteiger partial charge in [0.25, 0.3) is 5.91 Å². The van der Waals surface area contributed by atoms with E-state index < -0.39 is 0 Å². The van der Waals surface area contributed by atoms with Crippen LogP contribution in [0.1, 0.15) is 15.9 Å². The molecule has 2 aromatic heterocycles. The Hall–Kier alpha value is -2.66. The molecule has 1 N–H and O–H groups in total. The molecule has 1 amide bonds. The summed E-state index contributed by atoms with van der Waals surface area (Å²) in [5.41, 5.74) is 2.56. The zero-order valence-corrected chi connectivity index (χ0v) is 13.5. The Bertz CT molecular complexity index is 783. The highest BCUT2D eigenvalue weighted by molar-refractivity contribution is 7.13. The minimum Gasteiger partial charge on any atom is -0.497 e. The maximum Gasteiger partial charge on any atom is 0.251 e. The Morgan fingerprint density at radius 3 is 2.74 bits per heavy atom. The number of hydrogen-bond acceptors (Lipinski definition) is 4. The number of aromatic nitrogens is 1. The van der Waals surface area contributed by atoms with Crippen LogP contribution in [0.3, 0.4) is 0 Å². The first kappa shape index (κ1) is 15.2. The summed E-state index contributed by atoms with van der Waals surface area (Å²) in [6.45, 7) is 0.464. The second-order valence-electron chi connectivity index (χ2n) is 4.94. The molecule has 2 heterocycles. The summed E-state index contributed by atoms with van der Waals surface area (Å²) in [4.78, 5) is 17.7. The highest BCUT2D eigenvalue weighted by Crippen LogP contribution is 2.23. The number of methoxy groups -OCH3 is 1. The van der Waals surface area contributed by atoms with Crippen LogP contribution in [-0.4, -0.2) is 18.0 Å². The monoisotopic (exact) mass is 324 g/mol. The van der Waals surface area contributed by atoms with E-state index in [1.807, 2.05) is 29.6 Å². The van der Waals surface area contributed by atoms with Crippen LogP contribution in [0.15, 0.2) is 60.1 Å². The second-order valence-corrected chi connectivity index (χ2v) is 5.89. The van der Waals surface area contributed by atoms with Crippen molar-refractivity contribution in [3.8, 4) is 16.3 Å². The topological polar surface area (TPSA) is 51.2 Å². The molecule has 23 heavy (non-hydrogen) atoms. The van der Waals surface area contributed by atoms with Crippen molar-refractivity contribution in [1.29, 1.82) is 0 Å². The SMILES string of the molecule is COc1ccc(C(=O)NCc2ccnc(-c3cccs3)c2)cc1. The molecule has 4 nitrogen and oxygen atoms in total. The van der Waals surface area contributed by atoms with Crippen LogP contribution >= 0.6 is 11.3 Å². The van der Waals surface area contributed by atoms with Crippen LogP contribution in [0.4, 0.5) is 0 Å². The highest BCUT2D eigenvalue weighted by Gasteiger charge is 2.06. The fourth-order valence-corrected chi connectivity index (χ4v) is 2.86. The average Bonchev–Trinajstić information content (AvgIpc) is 3.15. The first-order chi connectivity index (χ1) is 11.3. The normalized spacial score (nSPS) is 10.3. The molecular weight excluding hydrogens is 308 g/mol. The lowest BCUT2D eigenvalue weighted by molar-refractivity contribution is 0.0951. The number of rotatable bonds is 5. The summed E-state index contributed by atoms with van der Waals surface area (Å²) in [5, 5.41) is 4.94. The molecule has 5 heteroatoms. The van der Waals surface area contributed by atoms with Gasteiger partial charge in [-0.25, -0.2) is 0 Å². The van der Waals surface area contributed by atoms with E-state index in [9.17, 15) is 4.79 Å². The number of pyridine rings is 1. The predicted molar refractivity (Wildman–Crippen MR) is 91.7 cm³/mol. The van der Waals surface area contributed by atoms with Gasteiger partial charge in [0.15, 0.2) is 0 Å². The van der Waals surface area contributed by atoms with Crippen molar-refractivity contribution < 1.29 is 9.53 Å². The van der Waals surface area contributed by atoms with Crippen LogP contribution in [-0.2, 0) is 6.54 Å². The van der Waals surface area contributed by atoms with Crippen LogP contribution in [0.5, 0.6) is 5.75 Å². The second kappa shape index (κ2) is 7.07. The number of ether oxygens (including phenoxy) is 1. The number of hydrogen-bond donors (Lipinski definition) is 1. The van der Waals surface area contributed by atoms with E-state index in [1.54, 1.807) is 48.9 Å². The van der Waals surface area contributed by atoms with E-state index in [2.05, 4.69) is 10.3 Å². The molecule has 0 saturated carbocycles. The van der Waals surface area contributed by atoms with Gasteiger partial charge in [-0.3, -0.25) is 9.78 Å². The zero-order chi connectivity index (χ0) is 16.1. The van der Waals surface area contributed by atoms with Crippen LogP contribution < -0.4 is 10.1 Å². The number of amides is 1.